The van der Waals surface area contributed by atoms with Gasteiger partial charge in [-0.3, -0.25) is 0 Å². The normalized spacial score (nSPS) is 29.8. The number of hydrogen-bond acceptors (Lipinski definition) is 4. The zero-order chi connectivity index (χ0) is 12.0. The lowest BCUT2D eigenvalue weighted by Crippen LogP contribution is -2.46. The molecule has 0 aromatic carbocycles. The summed E-state index contributed by atoms with van der Waals surface area (Å²) in [7, 11) is -2.00. The number of carbonyl (C=O) groups excluding carboxylic acids is 1. The third-order valence-electron chi connectivity index (χ3n) is 2.57. The van der Waals surface area contributed by atoms with E-state index in [1.54, 1.807) is 0 Å². The fourth-order valence-electron chi connectivity index (χ4n) is 1.72. The van der Waals surface area contributed by atoms with E-state index in [1.165, 1.54) is 6.08 Å². The molecule has 1 aliphatic heterocycles. The van der Waals surface area contributed by atoms with Crippen LogP contribution in [0.4, 0.5) is 0 Å². The molecule has 0 N–H and O–H groups in total. The van der Waals surface area contributed by atoms with Crippen LogP contribution in [0.3, 0.4) is 0 Å². The number of ether oxygens (including phenoxy) is 1. The first-order valence-corrected chi connectivity index (χ1v) is 8.19. The lowest BCUT2D eigenvalue weighted by Gasteiger charge is -2.35. The van der Waals surface area contributed by atoms with Crippen molar-refractivity contribution in [1.82, 2.24) is 0 Å². The molecule has 5 heteroatoms. The van der Waals surface area contributed by atoms with E-state index in [2.05, 4.69) is 20.0 Å². The van der Waals surface area contributed by atoms with Crippen molar-refractivity contribution in [3.05, 3.63) is 12.7 Å². The van der Waals surface area contributed by atoms with Gasteiger partial charge < -0.3 is 13.6 Å². The Kier molecular flexibility index (Phi) is 5.17. The van der Waals surface area contributed by atoms with Crippen molar-refractivity contribution < 1.29 is 18.4 Å². The zero-order valence-electron chi connectivity index (χ0n) is 10.0. The van der Waals surface area contributed by atoms with Gasteiger partial charge in [-0.25, -0.2) is 4.79 Å². The maximum atomic E-state index is 10.8. The molecule has 16 heavy (non-hydrogen) atoms. The molecular formula is C11H20O4Si. The molecule has 0 amide bonds. The van der Waals surface area contributed by atoms with Crippen molar-refractivity contribution in [1.29, 1.82) is 0 Å². The fourth-order valence-corrected chi connectivity index (χ4v) is 4.35. The molecule has 92 valence electrons. The molecule has 0 aliphatic carbocycles. The summed E-state index contributed by atoms with van der Waals surface area (Å²) in [4.78, 5) is 10.8. The van der Waals surface area contributed by atoms with Crippen LogP contribution < -0.4 is 0 Å². The maximum absolute atomic E-state index is 10.8. The van der Waals surface area contributed by atoms with Crippen LogP contribution in [0.1, 0.15) is 19.8 Å². The Hall–Kier alpha value is -0.653. The van der Waals surface area contributed by atoms with Gasteiger partial charge in [0.2, 0.25) is 0 Å². The summed E-state index contributed by atoms with van der Waals surface area (Å²) >= 11 is 0. The Balaban J connectivity index is 2.20. The van der Waals surface area contributed by atoms with Crippen LogP contribution in [0, 0.1) is 0 Å². The molecule has 0 aromatic rings. The minimum absolute atomic E-state index is 0.293. The van der Waals surface area contributed by atoms with E-state index in [1.807, 2.05) is 0 Å². The molecule has 0 aromatic heterocycles. The summed E-state index contributed by atoms with van der Waals surface area (Å²) in [5.41, 5.74) is 0. The fraction of sp³-hybridized carbons (Fsp3) is 0.727. The molecule has 0 saturated carbocycles. The second-order valence-electron chi connectivity index (χ2n) is 4.17. The van der Waals surface area contributed by atoms with Crippen LogP contribution in [-0.4, -0.2) is 33.8 Å². The van der Waals surface area contributed by atoms with Crippen molar-refractivity contribution in [3.63, 3.8) is 0 Å². The van der Waals surface area contributed by atoms with Gasteiger partial charge in [0.05, 0.1) is 6.61 Å². The summed E-state index contributed by atoms with van der Waals surface area (Å²) in [5, 5.41) is 0. The minimum Gasteiger partial charge on any atom is -0.463 e. The standard InChI is InChI=1S/C11H20O4Si/c1-4-11(12)13-7-5-9-16(3)14-8-6-10(2)15-16/h4,10H,1,5-9H2,2-3H3. The van der Waals surface area contributed by atoms with E-state index < -0.39 is 8.56 Å². The van der Waals surface area contributed by atoms with E-state index in [0.29, 0.717) is 12.7 Å². The summed E-state index contributed by atoms with van der Waals surface area (Å²) in [5.74, 6) is -0.370. The summed E-state index contributed by atoms with van der Waals surface area (Å²) < 4.78 is 16.5. The van der Waals surface area contributed by atoms with E-state index in [4.69, 9.17) is 13.6 Å². The van der Waals surface area contributed by atoms with Crippen molar-refractivity contribution in [3.8, 4) is 0 Å². The molecule has 2 atom stereocenters. The highest BCUT2D eigenvalue weighted by Crippen LogP contribution is 2.23. The molecule has 1 fully saturated rings. The Morgan fingerprint density at radius 1 is 1.69 bits per heavy atom. The van der Waals surface area contributed by atoms with Crippen molar-refractivity contribution in [2.75, 3.05) is 13.2 Å². The minimum atomic E-state index is -2.00. The van der Waals surface area contributed by atoms with Crippen molar-refractivity contribution >= 4 is 14.5 Å². The number of hydrogen-bond donors (Lipinski definition) is 0. The first-order chi connectivity index (χ1) is 7.56. The SMILES string of the molecule is C=CC(=O)OCCC[Si]1(C)OCCC(C)O1. The van der Waals surface area contributed by atoms with E-state index in [-0.39, 0.29) is 5.97 Å². The molecule has 0 radical (unpaired) electrons. The molecule has 4 nitrogen and oxygen atoms in total. The highest BCUT2D eigenvalue weighted by molar-refractivity contribution is 6.66. The van der Waals surface area contributed by atoms with Gasteiger partial charge >= 0.3 is 14.5 Å². The molecule has 0 bridgehead atoms. The van der Waals surface area contributed by atoms with Gasteiger partial charge in [0.15, 0.2) is 0 Å². The van der Waals surface area contributed by atoms with Crippen LogP contribution in [0.25, 0.3) is 0 Å². The Bertz CT molecular complexity index is 256. The number of esters is 1. The summed E-state index contributed by atoms with van der Waals surface area (Å²) in [6, 6.07) is 0.863. The van der Waals surface area contributed by atoms with E-state index in [9.17, 15) is 4.79 Å². The summed E-state index contributed by atoms with van der Waals surface area (Å²) in [6.45, 7) is 8.68. The topological polar surface area (TPSA) is 44.8 Å². The smallest absolute Gasteiger partial charge is 0.335 e. The monoisotopic (exact) mass is 244 g/mol. The lowest BCUT2D eigenvalue weighted by atomic mass is 10.3. The quantitative estimate of drug-likeness (QED) is 0.321. The van der Waals surface area contributed by atoms with Crippen LogP contribution >= 0.6 is 0 Å². The number of carbonyl (C=O) groups is 1. The Morgan fingerprint density at radius 2 is 2.44 bits per heavy atom. The van der Waals surface area contributed by atoms with Gasteiger partial charge in [0, 0.05) is 18.8 Å². The highest BCUT2D eigenvalue weighted by Gasteiger charge is 2.36. The Morgan fingerprint density at radius 3 is 3.06 bits per heavy atom. The molecule has 1 aliphatic rings. The molecular weight excluding hydrogens is 224 g/mol. The molecule has 2 unspecified atom stereocenters. The van der Waals surface area contributed by atoms with Gasteiger partial charge in [-0.1, -0.05) is 6.58 Å². The maximum Gasteiger partial charge on any atom is 0.335 e. The first kappa shape index (κ1) is 13.4. The highest BCUT2D eigenvalue weighted by atomic mass is 28.4. The average Bonchev–Trinajstić information content (AvgIpc) is 2.23. The second kappa shape index (κ2) is 6.17. The number of rotatable bonds is 5. The average molecular weight is 244 g/mol. The van der Waals surface area contributed by atoms with Crippen LogP contribution in [0.2, 0.25) is 12.6 Å². The second-order valence-corrected chi connectivity index (χ2v) is 7.47. The predicted octanol–water partition coefficient (Wildman–Crippen LogP) is 2.00. The molecule has 1 rings (SSSR count). The molecule has 1 saturated heterocycles. The van der Waals surface area contributed by atoms with E-state index in [0.717, 1.165) is 25.5 Å². The van der Waals surface area contributed by atoms with Gasteiger partial charge in [-0.2, -0.15) is 0 Å². The van der Waals surface area contributed by atoms with Crippen LogP contribution in [-0.2, 0) is 18.4 Å². The van der Waals surface area contributed by atoms with Gasteiger partial charge in [-0.15, -0.1) is 0 Å². The van der Waals surface area contributed by atoms with Gasteiger partial charge in [0.25, 0.3) is 0 Å². The van der Waals surface area contributed by atoms with Gasteiger partial charge in [0.1, 0.15) is 0 Å². The van der Waals surface area contributed by atoms with E-state index >= 15 is 0 Å². The predicted molar refractivity (Wildman–Crippen MR) is 63.3 cm³/mol. The third-order valence-corrected chi connectivity index (χ3v) is 5.55. The van der Waals surface area contributed by atoms with Crippen molar-refractivity contribution in [2.45, 2.75) is 38.5 Å². The Labute approximate surface area is 97.8 Å². The lowest BCUT2D eigenvalue weighted by molar-refractivity contribution is -0.137. The first-order valence-electron chi connectivity index (χ1n) is 5.67. The largest absolute Gasteiger partial charge is 0.463 e. The summed E-state index contributed by atoms with van der Waals surface area (Å²) in [6.07, 6.45) is 3.22. The van der Waals surface area contributed by atoms with Crippen molar-refractivity contribution in [2.24, 2.45) is 0 Å². The van der Waals surface area contributed by atoms with Gasteiger partial charge in [-0.05, 0) is 32.4 Å². The molecule has 1 heterocycles. The van der Waals surface area contributed by atoms with Crippen LogP contribution in [0.5, 0.6) is 0 Å². The van der Waals surface area contributed by atoms with Crippen LogP contribution in [0.15, 0.2) is 12.7 Å². The third kappa shape index (κ3) is 4.47. The zero-order valence-corrected chi connectivity index (χ0v) is 11.0. The molecule has 0 spiro atoms.